The summed E-state index contributed by atoms with van der Waals surface area (Å²) in [4.78, 5) is 19.9. The van der Waals surface area contributed by atoms with Gasteiger partial charge in [0.1, 0.15) is 11.9 Å². The molecule has 4 aromatic rings. The fourth-order valence-corrected chi connectivity index (χ4v) is 5.03. The molecule has 38 heavy (non-hydrogen) atoms. The molecule has 4 aromatic heterocycles. The maximum atomic E-state index is 12.9. The number of rotatable bonds is 7. The molecule has 0 spiro atoms. The van der Waals surface area contributed by atoms with Crippen molar-refractivity contribution in [3.8, 4) is 28.3 Å². The monoisotopic (exact) mass is 512 g/mol. The van der Waals surface area contributed by atoms with Crippen LogP contribution in [0.2, 0.25) is 0 Å². The van der Waals surface area contributed by atoms with Crippen molar-refractivity contribution in [2.45, 2.75) is 32.7 Å². The van der Waals surface area contributed by atoms with Gasteiger partial charge in [0.2, 0.25) is 5.91 Å². The first kappa shape index (κ1) is 25.4. The Labute approximate surface area is 221 Å². The molecule has 5 heterocycles. The number of anilines is 1. The van der Waals surface area contributed by atoms with Gasteiger partial charge in [0.15, 0.2) is 0 Å². The number of amides is 1. The summed E-state index contributed by atoms with van der Waals surface area (Å²) < 4.78 is 8.65. The molecule has 0 saturated carbocycles. The van der Waals surface area contributed by atoms with Crippen LogP contribution in [0.5, 0.6) is 0 Å². The molecule has 1 aliphatic rings. The largest absolute Gasteiger partial charge is 0.383 e. The fraction of sp³-hybridized carbons (Fsp3) is 0.393. The van der Waals surface area contributed by atoms with Gasteiger partial charge in [0.05, 0.1) is 30.1 Å². The van der Waals surface area contributed by atoms with Crippen LogP contribution in [-0.2, 0) is 16.6 Å². The number of nitriles is 1. The highest BCUT2D eigenvalue weighted by atomic mass is 16.5. The lowest BCUT2D eigenvalue weighted by molar-refractivity contribution is -0.132. The Hall–Kier alpha value is -4.23. The maximum Gasteiger partial charge on any atom is 0.226 e. The number of nitrogens with zero attached hydrogens (tertiary/aromatic N) is 7. The van der Waals surface area contributed by atoms with E-state index >= 15 is 0 Å². The average Bonchev–Trinajstić information content (AvgIpc) is 3.55. The van der Waals surface area contributed by atoms with Gasteiger partial charge in [-0.15, -0.1) is 0 Å². The SMILES string of the molecule is COCC(C)NC(=O)C1(C)CCN(c2ccc(-c3cc(-c4cnn(C)c4)cn4ncc(C#N)c34)cn2)CC1. The molecular weight excluding hydrogens is 480 g/mol. The highest BCUT2D eigenvalue weighted by Crippen LogP contribution is 2.35. The number of methoxy groups -OCH3 is 1. The molecule has 10 nitrogen and oxygen atoms in total. The zero-order chi connectivity index (χ0) is 26.9. The van der Waals surface area contributed by atoms with Crippen molar-refractivity contribution in [3.63, 3.8) is 0 Å². The Morgan fingerprint density at radius 3 is 2.58 bits per heavy atom. The number of ether oxygens (including phenoxy) is 1. The van der Waals surface area contributed by atoms with Crippen LogP contribution in [0.1, 0.15) is 32.3 Å². The molecule has 0 aromatic carbocycles. The Bertz CT molecular complexity index is 1490. The van der Waals surface area contributed by atoms with Gasteiger partial charge in [-0.1, -0.05) is 6.92 Å². The summed E-state index contributed by atoms with van der Waals surface area (Å²) in [6.07, 6.45) is 10.6. The van der Waals surface area contributed by atoms with E-state index in [1.807, 2.05) is 57.8 Å². The maximum absolute atomic E-state index is 12.9. The van der Waals surface area contributed by atoms with Crippen LogP contribution >= 0.6 is 0 Å². The summed E-state index contributed by atoms with van der Waals surface area (Å²) in [5.74, 6) is 0.953. The van der Waals surface area contributed by atoms with Gasteiger partial charge in [0.25, 0.3) is 0 Å². The Morgan fingerprint density at radius 2 is 1.95 bits per heavy atom. The van der Waals surface area contributed by atoms with E-state index in [4.69, 9.17) is 9.72 Å². The minimum atomic E-state index is -0.410. The highest BCUT2D eigenvalue weighted by Gasteiger charge is 2.37. The molecule has 1 atom stereocenters. The summed E-state index contributed by atoms with van der Waals surface area (Å²) in [5.41, 5.74) is 4.54. The van der Waals surface area contributed by atoms with Gasteiger partial charge in [-0.3, -0.25) is 9.48 Å². The predicted molar refractivity (Wildman–Crippen MR) is 144 cm³/mol. The lowest BCUT2D eigenvalue weighted by Crippen LogP contribution is -2.50. The van der Waals surface area contributed by atoms with E-state index in [2.05, 4.69) is 32.5 Å². The van der Waals surface area contributed by atoms with Gasteiger partial charge < -0.3 is 15.0 Å². The van der Waals surface area contributed by atoms with Crippen molar-refractivity contribution >= 4 is 17.2 Å². The molecule has 5 rings (SSSR count). The third-order valence-electron chi connectivity index (χ3n) is 7.36. The number of piperidine rings is 1. The molecular formula is C28H32N8O2. The van der Waals surface area contributed by atoms with E-state index in [-0.39, 0.29) is 11.9 Å². The standard InChI is InChI=1S/C28H32N8O2/c1-19(18-38-4)33-27(37)28(2)7-9-35(10-8-28)25-6-5-20(13-30-25)24-11-21(23-15-31-34(3)16-23)17-36-26(24)22(12-29)14-32-36/h5-6,11,13-17,19H,7-10,18H2,1-4H3,(H,33,37). The summed E-state index contributed by atoms with van der Waals surface area (Å²) in [7, 11) is 3.52. The van der Waals surface area contributed by atoms with E-state index in [9.17, 15) is 10.1 Å². The average molecular weight is 513 g/mol. The molecule has 1 saturated heterocycles. The number of hydrogen-bond donors (Lipinski definition) is 1. The van der Waals surface area contributed by atoms with Gasteiger partial charge in [-0.2, -0.15) is 15.5 Å². The third kappa shape index (κ3) is 4.85. The van der Waals surface area contributed by atoms with Gasteiger partial charge in [-0.05, 0) is 38.0 Å². The van der Waals surface area contributed by atoms with Crippen molar-refractivity contribution in [1.29, 1.82) is 5.26 Å². The molecule has 0 aliphatic carbocycles. The second-order valence-corrected chi connectivity index (χ2v) is 10.3. The number of pyridine rings is 2. The smallest absolute Gasteiger partial charge is 0.226 e. The zero-order valence-electron chi connectivity index (χ0n) is 22.2. The van der Waals surface area contributed by atoms with Gasteiger partial charge in [0, 0.05) is 79.5 Å². The van der Waals surface area contributed by atoms with E-state index in [0.717, 1.165) is 59.5 Å². The second kappa shape index (κ2) is 10.3. The number of carbonyl (C=O) groups is 1. The molecule has 1 amide bonds. The topological polar surface area (TPSA) is 113 Å². The number of carbonyl (C=O) groups excluding carboxylic acids is 1. The first-order valence-electron chi connectivity index (χ1n) is 12.7. The fourth-order valence-electron chi connectivity index (χ4n) is 5.03. The van der Waals surface area contributed by atoms with E-state index in [1.54, 1.807) is 22.5 Å². The molecule has 0 bridgehead atoms. The predicted octanol–water partition coefficient (Wildman–Crippen LogP) is 3.43. The Morgan fingerprint density at radius 1 is 1.16 bits per heavy atom. The number of fused-ring (bicyclic) bond motifs is 1. The summed E-state index contributed by atoms with van der Waals surface area (Å²) >= 11 is 0. The van der Waals surface area contributed by atoms with Crippen LogP contribution in [0.15, 0.2) is 49.2 Å². The van der Waals surface area contributed by atoms with E-state index < -0.39 is 5.41 Å². The highest BCUT2D eigenvalue weighted by molar-refractivity contribution is 5.87. The lowest BCUT2D eigenvalue weighted by Gasteiger charge is -2.39. The molecule has 1 unspecified atom stereocenters. The quantitative estimate of drug-likeness (QED) is 0.404. The van der Waals surface area contributed by atoms with Crippen molar-refractivity contribution in [2.75, 3.05) is 31.7 Å². The minimum absolute atomic E-state index is 0.0166. The van der Waals surface area contributed by atoms with Crippen molar-refractivity contribution in [1.82, 2.24) is 29.7 Å². The number of aryl methyl sites for hydroxylation is 1. The van der Waals surface area contributed by atoms with E-state index in [0.29, 0.717) is 12.2 Å². The van der Waals surface area contributed by atoms with Crippen LogP contribution < -0.4 is 10.2 Å². The molecule has 196 valence electrons. The van der Waals surface area contributed by atoms with Crippen molar-refractivity contribution in [3.05, 3.63) is 54.7 Å². The van der Waals surface area contributed by atoms with Gasteiger partial charge >= 0.3 is 0 Å². The minimum Gasteiger partial charge on any atom is -0.383 e. The number of hydrogen-bond acceptors (Lipinski definition) is 7. The van der Waals surface area contributed by atoms with Crippen LogP contribution in [0.4, 0.5) is 5.82 Å². The molecule has 0 radical (unpaired) electrons. The third-order valence-corrected chi connectivity index (χ3v) is 7.36. The van der Waals surface area contributed by atoms with Crippen molar-refractivity contribution in [2.24, 2.45) is 12.5 Å². The summed E-state index contributed by atoms with van der Waals surface area (Å²) in [6, 6.07) is 8.34. The van der Waals surface area contributed by atoms with Crippen LogP contribution in [0.25, 0.3) is 27.8 Å². The van der Waals surface area contributed by atoms with Crippen LogP contribution in [0.3, 0.4) is 0 Å². The molecule has 10 heteroatoms. The van der Waals surface area contributed by atoms with E-state index in [1.165, 1.54) is 0 Å². The molecule has 1 fully saturated rings. The van der Waals surface area contributed by atoms with Crippen molar-refractivity contribution < 1.29 is 9.53 Å². The number of aromatic nitrogens is 5. The summed E-state index contributed by atoms with van der Waals surface area (Å²) in [5, 5.41) is 21.5. The number of nitrogens with one attached hydrogen (secondary N) is 1. The summed E-state index contributed by atoms with van der Waals surface area (Å²) in [6.45, 7) is 5.98. The normalized spacial score (nSPS) is 15.8. The second-order valence-electron chi connectivity index (χ2n) is 10.3. The van der Waals surface area contributed by atoms with Crippen LogP contribution in [0, 0.1) is 16.7 Å². The Balaban J connectivity index is 1.37. The first-order chi connectivity index (χ1) is 18.3. The Kier molecular flexibility index (Phi) is 6.87. The zero-order valence-corrected chi connectivity index (χ0v) is 22.2. The molecule has 1 N–H and O–H groups in total. The van der Waals surface area contributed by atoms with Gasteiger partial charge in [-0.25, -0.2) is 9.50 Å². The lowest BCUT2D eigenvalue weighted by atomic mass is 9.79. The first-order valence-corrected chi connectivity index (χ1v) is 12.7. The molecule has 1 aliphatic heterocycles. The van der Waals surface area contributed by atoms with Crippen LogP contribution in [-0.4, -0.2) is 63.1 Å².